The molecular weight excluding hydrogens is 264 g/mol. The van der Waals surface area contributed by atoms with Gasteiger partial charge in [0.25, 0.3) is 0 Å². The average molecular weight is 284 g/mol. The van der Waals surface area contributed by atoms with E-state index in [1.165, 1.54) is 11.1 Å². The summed E-state index contributed by atoms with van der Waals surface area (Å²) in [5.74, 6) is 0. The molecule has 1 aliphatic rings. The van der Waals surface area contributed by atoms with Crippen LogP contribution >= 0.6 is 0 Å². The number of aldehydes is 1. The molecular formula is C18H20O3. The fourth-order valence-corrected chi connectivity index (χ4v) is 1.92. The van der Waals surface area contributed by atoms with Gasteiger partial charge in [0.1, 0.15) is 6.29 Å². The number of aryl methyl sites for hydroxylation is 2. The number of hydrogen-bond acceptors (Lipinski definition) is 3. The Morgan fingerprint density at radius 2 is 1.33 bits per heavy atom. The van der Waals surface area contributed by atoms with Crippen LogP contribution in [0.25, 0.3) is 0 Å². The minimum Gasteiger partial charge on any atom is -0.346 e. The number of rotatable bonds is 2. The lowest BCUT2D eigenvalue weighted by atomic mass is 10.1. The number of ether oxygens (including phenoxy) is 2. The molecule has 1 saturated heterocycles. The van der Waals surface area contributed by atoms with E-state index in [2.05, 4.69) is 19.1 Å². The van der Waals surface area contributed by atoms with E-state index in [0.29, 0.717) is 13.2 Å². The molecule has 0 N–H and O–H groups in total. The third-order valence-electron chi connectivity index (χ3n) is 3.18. The Hall–Kier alpha value is -1.97. The number of benzene rings is 2. The number of carbonyl (C=O) groups is 1. The van der Waals surface area contributed by atoms with E-state index in [9.17, 15) is 4.79 Å². The summed E-state index contributed by atoms with van der Waals surface area (Å²) in [5, 5.41) is 0. The molecule has 3 rings (SSSR count). The highest BCUT2D eigenvalue weighted by Crippen LogP contribution is 2.22. The minimum atomic E-state index is -0.134. The monoisotopic (exact) mass is 284 g/mol. The van der Waals surface area contributed by atoms with Gasteiger partial charge in [-0.1, -0.05) is 59.7 Å². The standard InChI is InChI=1S/C10H12O2.C8H8O/c1-8-2-4-9(5-3-8)10-11-6-7-12-10;1-7-2-4-8(6-9)5-3-7/h2-5,10H,6-7H2,1H3;2-6H,1H3. The summed E-state index contributed by atoms with van der Waals surface area (Å²) in [6.07, 6.45) is 0.713. The summed E-state index contributed by atoms with van der Waals surface area (Å²) in [4.78, 5) is 10.1. The van der Waals surface area contributed by atoms with Crippen LogP contribution in [0.15, 0.2) is 48.5 Å². The molecule has 2 aromatic rings. The first-order chi connectivity index (χ1) is 10.2. The summed E-state index contributed by atoms with van der Waals surface area (Å²) >= 11 is 0. The Labute approximate surface area is 125 Å². The molecule has 1 aliphatic heterocycles. The van der Waals surface area contributed by atoms with Gasteiger partial charge in [0, 0.05) is 11.1 Å². The lowest BCUT2D eigenvalue weighted by Gasteiger charge is -2.08. The molecule has 0 radical (unpaired) electrons. The average Bonchev–Trinajstić information content (AvgIpc) is 3.04. The smallest absolute Gasteiger partial charge is 0.184 e. The molecule has 1 heterocycles. The molecule has 1 fully saturated rings. The topological polar surface area (TPSA) is 35.5 Å². The highest BCUT2D eigenvalue weighted by molar-refractivity contribution is 5.74. The second-order valence-electron chi connectivity index (χ2n) is 5.01. The first-order valence-electron chi connectivity index (χ1n) is 7.00. The van der Waals surface area contributed by atoms with Gasteiger partial charge in [0.2, 0.25) is 0 Å². The lowest BCUT2D eigenvalue weighted by molar-refractivity contribution is -0.0441. The van der Waals surface area contributed by atoms with Gasteiger partial charge in [-0.3, -0.25) is 4.79 Å². The zero-order valence-electron chi connectivity index (χ0n) is 12.4. The van der Waals surface area contributed by atoms with Crippen LogP contribution in [0.4, 0.5) is 0 Å². The maximum Gasteiger partial charge on any atom is 0.184 e. The van der Waals surface area contributed by atoms with Crippen molar-refractivity contribution in [2.45, 2.75) is 20.1 Å². The predicted molar refractivity (Wildman–Crippen MR) is 82.4 cm³/mol. The van der Waals surface area contributed by atoms with Crippen LogP contribution in [-0.2, 0) is 9.47 Å². The quantitative estimate of drug-likeness (QED) is 0.786. The van der Waals surface area contributed by atoms with Crippen LogP contribution < -0.4 is 0 Å². The molecule has 0 unspecified atom stereocenters. The highest BCUT2D eigenvalue weighted by Gasteiger charge is 2.17. The summed E-state index contributed by atoms with van der Waals surface area (Å²) < 4.78 is 10.7. The predicted octanol–water partition coefficient (Wildman–Crippen LogP) is 3.85. The summed E-state index contributed by atoms with van der Waals surface area (Å²) in [6, 6.07) is 15.7. The zero-order chi connectivity index (χ0) is 15.1. The van der Waals surface area contributed by atoms with Crippen LogP contribution in [0.5, 0.6) is 0 Å². The Morgan fingerprint density at radius 1 is 0.857 bits per heavy atom. The largest absolute Gasteiger partial charge is 0.346 e. The maximum absolute atomic E-state index is 10.1. The number of carbonyl (C=O) groups excluding carboxylic acids is 1. The fraction of sp³-hybridized carbons (Fsp3) is 0.278. The van der Waals surface area contributed by atoms with E-state index < -0.39 is 0 Å². The Kier molecular flexibility index (Phi) is 5.67. The van der Waals surface area contributed by atoms with Gasteiger partial charge in [-0.15, -0.1) is 0 Å². The van der Waals surface area contributed by atoms with Crippen molar-refractivity contribution in [1.82, 2.24) is 0 Å². The van der Waals surface area contributed by atoms with E-state index in [4.69, 9.17) is 9.47 Å². The maximum atomic E-state index is 10.1. The van der Waals surface area contributed by atoms with Gasteiger partial charge in [-0.05, 0) is 13.8 Å². The molecule has 0 atom stereocenters. The first-order valence-corrected chi connectivity index (χ1v) is 7.00. The zero-order valence-corrected chi connectivity index (χ0v) is 12.4. The molecule has 3 heteroatoms. The second-order valence-corrected chi connectivity index (χ2v) is 5.01. The van der Waals surface area contributed by atoms with Crippen LogP contribution in [0, 0.1) is 13.8 Å². The van der Waals surface area contributed by atoms with Crippen molar-refractivity contribution in [1.29, 1.82) is 0 Å². The van der Waals surface area contributed by atoms with Crippen molar-refractivity contribution in [3.8, 4) is 0 Å². The molecule has 0 aliphatic carbocycles. The van der Waals surface area contributed by atoms with E-state index in [0.717, 1.165) is 17.4 Å². The van der Waals surface area contributed by atoms with Crippen molar-refractivity contribution < 1.29 is 14.3 Å². The van der Waals surface area contributed by atoms with Crippen molar-refractivity contribution in [2.24, 2.45) is 0 Å². The van der Waals surface area contributed by atoms with Crippen LogP contribution in [0.3, 0.4) is 0 Å². The Morgan fingerprint density at radius 3 is 1.81 bits per heavy atom. The van der Waals surface area contributed by atoms with E-state index >= 15 is 0 Å². The molecule has 0 bridgehead atoms. The van der Waals surface area contributed by atoms with Gasteiger partial charge in [0.15, 0.2) is 6.29 Å². The van der Waals surface area contributed by atoms with Gasteiger partial charge >= 0.3 is 0 Å². The van der Waals surface area contributed by atoms with E-state index in [-0.39, 0.29) is 6.29 Å². The lowest BCUT2D eigenvalue weighted by Crippen LogP contribution is -1.97. The SMILES string of the molecule is Cc1ccc(C2OCCO2)cc1.Cc1ccc(C=O)cc1. The summed E-state index contributed by atoms with van der Waals surface area (Å²) in [7, 11) is 0. The summed E-state index contributed by atoms with van der Waals surface area (Å²) in [6.45, 7) is 5.48. The molecule has 0 amide bonds. The van der Waals surface area contributed by atoms with Gasteiger partial charge in [0.05, 0.1) is 13.2 Å². The molecule has 0 spiro atoms. The van der Waals surface area contributed by atoms with Crippen LogP contribution in [0.1, 0.15) is 33.3 Å². The number of hydrogen-bond donors (Lipinski definition) is 0. The molecule has 0 aromatic heterocycles. The summed E-state index contributed by atoms with van der Waals surface area (Å²) in [5.41, 5.74) is 4.29. The van der Waals surface area contributed by atoms with Crippen molar-refractivity contribution in [3.05, 3.63) is 70.8 Å². The highest BCUT2D eigenvalue weighted by atomic mass is 16.7. The van der Waals surface area contributed by atoms with Crippen LogP contribution in [0.2, 0.25) is 0 Å². The minimum absolute atomic E-state index is 0.134. The van der Waals surface area contributed by atoms with E-state index in [1.54, 1.807) is 0 Å². The molecule has 21 heavy (non-hydrogen) atoms. The molecule has 110 valence electrons. The molecule has 0 saturated carbocycles. The van der Waals surface area contributed by atoms with Gasteiger partial charge < -0.3 is 9.47 Å². The first kappa shape index (κ1) is 15.4. The third kappa shape index (κ3) is 4.81. The Balaban J connectivity index is 0.000000161. The normalized spacial score (nSPS) is 14.4. The van der Waals surface area contributed by atoms with Crippen molar-refractivity contribution >= 4 is 6.29 Å². The molecule has 2 aromatic carbocycles. The Bertz CT molecular complexity index is 552. The van der Waals surface area contributed by atoms with E-state index in [1.807, 2.05) is 43.3 Å². The second kappa shape index (κ2) is 7.72. The van der Waals surface area contributed by atoms with Gasteiger partial charge in [-0.25, -0.2) is 0 Å². The van der Waals surface area contributed by atoms with Crippen molar-refractivity contribution in [2.75, 3.05) is 13.2 Å². The van der Waals surface area contributed by atoms with Crippen molar-refractivity contribution in [3.63, 3.8) is 0 Å². The van der Waals surface area contributed by atoms with Crippen LogP contribution in [-0.4, -0.2) is 19.5 Å². The van der Waals surface area contributed by atoms with Gasteiger partial charge in [-0.2, -0.15) is 0 Å². The fourth-order valence-electron chi connectivity index (χ4n) is 1.92. The third-order valence-corrected chi connectivity index (χ3v) is 3.18. The molecule has 3 nitrogen and oxygen atoms in total.